The molecule has 0 saturated heterocycles. The number of nitrogens with zero attached hydrogens (tertiary/aromatic N) is 1. The highest BCUT2D eigenvalue weighted by atomic mass is 127. The van der Waals surface area contributed by atoms with Crippen LogP contribution in [0.15, 0.2) is 44.8 Å². The first-order chi connectivity index (χ1) is 8.95. The van der Waals surface area contributed by atoms with Crippen LogP contribution in [0, 0.1) is 6.92 Å². The summed E-state index contributed by atoms with van der Waals surface area (Å²) in [5.41, 5.74) is 1.69. The molecule has 20 heavy (non-hydrogen) atoms. The highest BCUT2D eigenvalue weighted by Crippen LogP contribution is 2.24. The monoisotopic (exact) mass is 424 g/mol. The zero-order valence-electron chi connectivity index (χ0n) is 11.5. The van der Waals surface area contributed by atoms with Crippen molar-refractivity contribution in [3.05, 3.63) is 40.4 Å². The minimum Gasteiger partial charge on any atom is -0.338 e. The standard InChI is InChI=1S/C13H16N2O2S2.HI/c1-9-4-6-11(7-5-9)19(16,17)12-8-14-13(18-3)15-10(12)2;/h4-7H,8H2,1-3H3,(H,14,15);1H. The predicted octanol–water partition coefficient (Wildman–Crippen LogP) is 2.94. The van der Waals surface area contributed by atoms with E-state index < -0.39 is 9.84 Å². The zero-order valence-corrected chi connectivity index (χ0v) is 15.5. The number of rotatable bonds is 2. The highest BCUT2D eigenvalue weighted by molar-refractivity contribution is 14.0. The number of hydrogen-bond acceptors (Lipinski definition) is 5. The molecule has 1 N–H and O–H groups in total. The van der Waals surface area contributed by atoms with E-state index >= 15 is 0 Å². The van der Waals surface area contributed by atoms with E-state index in [2.05, 4.69) is 10.3 Å². The Labute approximate surface area is 141 Å². The minimum atomic E-state index is -3.46. The minimum absolute atomic E-state index is 0. The van der Waals surface area contributed by atoms with Gasteiger partial charge in [-0.05, 0) is 32.2 Å². The van der Waals surface area contributed by atoms with Gasteiger partial charge < -0.3 is 5.32 Å². The van der Waals surface area contributed by atoms with Crippen molar-refractivity contribution >= 4 is 50.7 Å². The number of aliphatic imine (C=N–C) groups is 1. The topological polar surface area (TPSA) is 58.5 Å². The molecule has 0 spiro atoms. The average molecular weight is 424 g/mol. The lowest BCUT2D eigenvalue weighted by molar-refractivity contribution is 0.600. The molecule has 0 atom stereocenters. The van der Waals surface area contributed by atoms with Crippen LogP contribution in [0.25, 0.3) is 0 Å². The first-order valence-electron chi connectivity index (χ1n) is 5.82. The second-order valence-electron chi connectivity index (χ2n) is 4.32. The van der Waals surface area contributed by atoms with Crippen molar-refractivity contribution in [2.24, 2.45) is 4.99 Å². The molecule has 0 saturated carbocycles. The van der Waals surface area contributed by atoms with Crippen LogP contribution in [-0.4, -0.2) is 26.4 Å². The Morgan fingerprint density at radius 3 is 2.30 bits per heavy atom. The quantitative estimate of drug-likeness (QED) is 0.742. The van der Waals surface area contributed by atoms with E-state index in [1.165, 1.54) is 11.8 Å². The summed E-state index contributed by atoms with van der Waals surface area (Å²) in [5.74, 6) is 0. The number of benzene rings is 1. The molecule has 1 aromatic rings. The van der Waals surface area contributed by atoms with Gasteiger partial charge in [-0.15, -0.1) is 24.0 Å². The van der Waals surface area contributed by atoms with Gasteiger partial charge in [-0.3, -0.25) is 4.99 Å². The smallest absolute Gasteiger partial charge is 0.206 e. The first-order valence-corrected chi connectivity index (χ1v) is 8.53. The number of nitrogens with one attached hydrogen (secondary N) is 1. The Balaban J connectivity index is 0.00000200. The Morgan fingerprint density at radius 1 is 1.20 bits per heavy atom. The molecule has 1 aliphatic heterocycles. The van der Waals surface area contributed by atoms with Crippen molar-refractivity contribution in [1.29, 1.82) is 0 Å². The third-order valence-electron chi connectivity index (χ3n) is 2.93. The van der Waals surface area contributed by atoms with Crippen molar-refractivity contribution < 1.29 is 8.42 Å². The van der Waals surface area contributed by atoms with Crippen LogP contribution in [0.3, 0.4) is 0 Å². The molecular formula is C13H17IN2O2S2. The second kappa shape index (κ2) is 6.95. The lowest BCUT2D eigenvalue weighted by atomic mass is 10.2. The second-order valence-corrected chi connectivity index (χ2v) is 7.08. The first kappa shape index (κ1) is 17.5. The van der Waals surface area contributed by atoms with E-state index in [1.807, 2.05) is 13.2 Å². The fourth-order valence-electron chi connectivity index (χ4n) is 1.79. The van der Waals surface area contributed by atoms with Crippen molar-refractivity contribution in [1.82, 2.24) is 5.32 Å². The van der Waals surface area contributed by atoms with Gasteiger partial charge in [0.15, 0.2) is 5.17 Å². The van der Waals surface area contributed by atoms with Gasteiger partial charge in [0.05, 0.1) is 16.3 Å². The average Bonchev–Trinajstić information content (AvgIpc) is 2.38. The van der Waals surface area contributed by atoms with E-state index in [4.69, 9.17) is 0 Å². The maximum atomic E-state index is 12.5. The largest absolute Gasteiger partial charge is 0.338 e. The number of allylic oxidation sites excluding steroid dienone is 1. The molecule has 0 aliphatic carbocycles. The molecule has 2 rings (SSSR count). The third kappa shape index (κ3) is 3.56. The van der Waals surface area contributed by atoms with Crippen LogP contribution < -0.4 is 5.32 Å². The molecule has 0 amide bonds. The zero-order chi connectivity index (χ0) is 14.0. The van der Waals surface area contributed by atoms with Gasteiger partial charge >= 0.3 is 0 Å². The Bertz CT molecular complexity index is 649. The third-order valence-corrected chi connectivity index (χ3v) is 5.52. The Morgan fingerprint density at radius 2 is 1.80 bits per heavy atom. The van der Waals surface area contributed by atoms with Gasteiger partial charge in [-0.1, -0.05) is 29.5 Å². The maximum absolute atomic E-state index is 12.5. The maximum Gasteiger partial charge on any atom is 0.206 e. The molecule has 4 nitrogen and oxygen atoms in total. The highest BCUT2D eigenvalue weighted by Gasteiger charge is 2.25. The van der Waals surface area contributed by atoms with Crippen LogP contribution in [0.1, 0.15) is 12.5 Å². The number of thioether (sulfide) groups is 1. The summed E-state index contributed by atoms with van der Waals surface area (Å²) in [6, 6.07) is 6.88. The summed E-state index contributed by atoms with van der Waals surface area (Å²) in [5, 5.41) is 3.77. The SMILES string of the molecule is CSC1=NCC(S(=O)(=O)c2ccc(C)cc2)=C(C)N1.I. The van der Waals surface area contributed by atoms with Gasteiger partial charge in [-0.2, -0.15) is 0 Å². The molecule has 0 aromatic heterocycles. The number of amidine groups is 1. The van der Waals surface area contributed by atoms with E-state index in [9.17, 15) is 8.42 Å². The van der Waals surface area contributed by atoms with Crippen LogP contribution >= 0.6 is 35.7 Å². The van der Waals surface area contributed by atoms with E-state index in [1.54, 1.807) is 31.2 Å². The van der Waals surface area contributed by atoms with Gasteiger partial charge in [-0.25, -0.2) is 8.42 Å². The molecule has 0 bridgehead atoms. The lowest BCUT2D eigenvalue weighted by Crippen LogP contribution is -2.27. The van der Waals surface area contributed by atoms with Gasteiger partial charge in [0.1, 0.15) is 0 Å². The number of sulfone groups is 1. The number of hydrogen-bond donors (Lipinski definition) is 1. The van der Waals surface area contributed by atoms with Crippen molar-refractivity contribution in [3.63, 3.8) is 0 Å². The van der Waals surface area contributed by atoms with E-state index in [-0.39, 0.29) is 30.5 Å². The normalized spacial score (nSPS) is 15.2. The molecule has 7 heteroatoms. The lowest BCUT2D eigenvalue weighted by Gasteiger charge is -2.18. The predicted molar refractivity (Wildman–Crippen MR) is 95.4 cm³/mol. The van der Waals surface area contributed by atoms with Crippen LogP contribution in [0.4, 0.5) is 0 Å². The molecule has 0 unspecified atom stereocenters. The molecule has 1 aromatic carbocycles. The van der Waals surface area contributed by atoms with E-state index in [0.29, 0.717) is 15.5 Å². The molecule has 0 radical (unpaired) electrons. The van der Waals surface area contributed by atoms with E-state index in [0.717, 1.165) is 10.7 Å². The fraction of sp³-hybridized carbons (Fsp3) is 0.308. The molecule has 110 valence electrons. The summed E-state index contributed by atoms with van der Waals surface area (Å²) in [4.78, 5) is 4.88. The van der Waals surface area contributed by atoms with Crippen LogP contribution in [0.2, 0.25) is 0 Å². The Hall–Kier alpha value is -0.540. The molecule has 0 fully saturated rings. The van der Waals surface area contributed by atoms with Crippen molar-refractivity contribution in [2.75, 3.05) is 12.8 Å². The van der Waals surface area contributed by atoms with Gasteiger partial charge in [0, 0.05) is 5.70 Å². The summed E-state index contributed by atoms with van der Waals surface area (Å²) >= 11 is 1.47. The van der Waals surface area contributed by atoms with Crippen molar-refractivity contribution in [2.45, 2.75) is 18.7 Å². The van der Waals surface area contributed by atoms with Gasteiger partial charge in [0.2, 0.25) is 9.84 Å². The fourth-order valence-corrected chi connectivity index (χ4v) is 3.71. The Kier molecular flexibility index (Phi) is 6.08. The number of aryl methyl sites for hydroxylation is 1. The molecular weight excluding hydrogens is 407 g/mol. The summed E-state index contributed by atoms with van der Waals surface area (Å²) in [6.07, 6.45) is 1.90. The van der Waals surface area contributed by atoms with Crippen LogP contribution in [0.5, 0.6) is 0 Å². The molecule has 1 heterocycles. The summed E-state index contributed by atoms with van der Waals surface area (Å²) < 4.78 is 25.1. The van der Waals surface area contributed by atoms with Crippen molar-refractivity contribution in [3.8, 4) is 0 Å². The molecule has 1 aliphatic rings. The number of halogens is 1. The summed E-state index contributed by atoms with van der Waals surface area (Å²) in [7, 11) is -3.46. The summed E-state index contributed by atoms with van der Waals surface area (Å²) in [6.45, 7) is 3.90. The van der Waals surface area contributed by atoms with Gasteiger partial charge in [0.25, 0.3) is 0 Å². The van der Waals surface area contributed by atoms with Crippen LogP contribution in [-0.2, 0) is 9.84 Å².